The highest BCUT2D eigenvalue weighted by molar-refractivity contribution is 5.51. The number of ether oxygens (including phenoxy) is 3. The van der Waals surface area contributed by atoms with Crippen LogP contribution >= 0.6 is 0 Å². The normalized spacial score (nSPS) is 29.5. The zero-order valence-electron chi connectivity index (χ0n) is 23.1. The lowest BCUT2D eigenvalue weighted by Gasteiger charge is -2.37. The van der Waals surface area contributed by atoms with Gasteiger partial charge in [-0.2, -0.15) is 8.78 Å². The standard InChI is InChI=1S/C32H36F6O3/c1-19-2-4-20(5-3-19)23-17-39-31(40-18-23)22-8-11-26(28(34)14-22)21-6-9-24(10-7-21)32(37,38)41-25-15-29(35)27(12-13-33)30(36)16-25/h8,11-16,19-21,23-24,31H,2-7,9-10,17-18H2,1H3/b13-12+. The number of hydrogen-bond acceptors (Lipinski definition) is 3. The summed E-state index contributed by atoms with van der Waals surface area (Å²) in [4.78, 5) is 0. The van der Waals surface area contributed by atoms with Crippen LogP contribution in [0.3, 0.4) is 0 Å². The number of benzene rings is 2. The smallest absolute Gasteiger partial charge is 0.400 e. The minimum Gasteiger partial charge on any atom is -0.432 e. The first-order chi connectivity index (χ1) is 19.6. The predicted molar refractivity (Wildman–Crippen MR) is 142 cm³/mol. The van der Waals surface area contributed by atoms with Crippen LogP contribution in [-0.2, 0) is 9.47 Å². The fraction of sp³-hybridized carbons (Fsp3) is 0.562. The van der Waals surface area contributed by atoms with Crippen LogP contribution in [0.25, 0.3) is 6.08 Å². The molecule has 0 bridgehead atoms. The molecule has 0 aromatic heterocycles. The van der Waals surface area contributed by atoms with Crippen molar-refractivity contribution < 1.29 is 40.6 Å². The lowest BCUT2D eigenvalue weighted by Crippen LogP contribution is -2.37. The predicted octanol–water partition coefficient (Wildman–Crippen LogP) is 9.48. The molecule has 0 amide bonds. The summed E-state index contributed by atoms with van der Waals surface area (Å²) in [6.07, 6.45) is 1.75. The topological polar surface area (TPSA) is 27.7 Å². The van der Waals surface area contributed by atoms with Crippen molar-refractivity contribution in [2.45, 2.75) is 76.6 Å². The molecule has 0 spiro atoms. The van der Waals surface area contributed by atoms with Crippen molar-refractivity contribution in [3.8, 4) is 5.75 Å². The second-order valence-electron chi connectivity index (χ2n) is 11.9. The van der Waals surface area contributed by atoms with Crippen LogP contribution in [0.4, 0.5) is 26.3 Å². The SMILES string of the molecule is CC1CCC(C2COC(c3ccc(C4CCC(C(F)(F)Oc5cc(F)c(/C=C/F)c(F)c5)CC4)c(F)c3)OC2)CC1. The molecule has 41 heavy (non-hydrogen) atoms. The lowest BCUT2D eigenvalue weighted by molar-refractivity contribution is -0.222. The molecule has 3 aliphatic rings. The highest BCUT2D eigenvalue weighted by Gasteiger charge is 2.44. The average molecular weight is 583 g/mol. The van der Waals surface area contributed by atoms with Gasteiger partial charge in [0.1, 0.15) is 23.2 Å². The number of hydrogen-bond donors (Lipinski definition) is 0. The molecule has 0 N–H and O–H groups in total. The second kappa shape index (κ2) is 12.8. The molecule has 0 unspecified atom stereocenters. The molecule has 1 saturated heterocycles. The molecule has 3 nitrogen and oxygen atoms in total. The van der Waals surface area contributed by atoms with Crippen molar-refractivity contribution in [1.82, 2.24) is 0 Å². The Bertz CT molecular complexity index is 1190. The molecule has 224 valence electrons. The molecule has 0 atom stereocenters. The van der Waals surface area contributed by atoms with Gasteiger partial charge in [0.15, 0.2) is 6.29 Å². The summed E-state index contributed by atoms with van der Waals surface area (Å²) < 4.78 is 102. The Hall–Kier alpha value is -2.52. The monoisotopic (exact) mass is 582 g/mol. The molecular formula is C32H36F6O3. The van der Waals surface area contributed by atoms with E-state index in [1.165, 1.54) is 31.7 Å². The second-order valence-corrected chi connectivity index (χ2v) is 11.9. The van der Waals surface area contributed by atoms with Crippen LogP contribution in [0.1, 0.15) is 87.2 Å². The maximum absolute atomic E-state index is 15.2. The average Bonchev–Trinajstić information content (AvgIpc) is 2.95. The summed E-state index contributed by atoms with van der Waals surface area (Å²) in [5, 5.41) is 0. The first-order valence-electron chi connectivity index (χ1n) is 14.5. The van der Waals surface area contributed by atoms with Gasteiger partial charge in [0.25, 0.3) is 0 Å². The Morgan fingerprint density at radius 3 is 2.02 bits per heavy atom. The van der Waals surface area contributed by atoms with Crippen LogP contribution in [0.2, 0.25) is 0 Å². The Morgan fingerprint density at radius 2 is 1.44 bits per heavy atom. The van der Waals surface area contributed by atoms with Crippen molar-refractivity contribution in [2.75, 3.05) is 13.2 Å². The Labute approximate surface area is 236 Å². The van der Waals surface area contributed by atoms with Gasteiger partial charge in [-0.15, -0.1) is 0 Å². The maximum atomic E-state index is 15.2. The van der Waals surface area contributed by atoms with Crippen molar-refractivity contribution in [3.63, 3.8) is 0 Å². The number of alkyl halides is 2. The van der Waals surface area contributed by atoms with E-state index in [0.29, 0.717) is 67.2 Å². The maximum Gasteiger partial charge on any atom is 0.400 e. The first kappa shape index (κ1) is 30.0. The van der Waals surface area contributed by atoms with E-state index in [0.717, 1.165) is 5.92 Å². The van der Waals surface area contributed by atoms with E-state index in [9.17, 15) is 22.0 Å². The van der Waals surface area contributed by atoms with Gasteiger partial charge >= 0.3 is 6.11 Å². The van der Waals surface area contributed by atoms with Gasteiger partial charge in [-0.05, 0) is 74.0 Å². The van der Waals surface area contributed by atoms with Gasteiger partial charge in [0, 0.05) is 29.2 Å². The van der Waals surface area contributed by atoms with Crippen molar-refractivity contribution in [3.05, 3.63) is 70.8 Å². The summed E-state index contributed by atoms with van der Waals surface area (Å²) in [6, 6.07) is 6.08. The Balaban J connectivity index is 1.15. The molecule has 1 heterocycles. The zero-order chi connectivity index (χ0) is 29.1. The third-order valence-corrected chi connectivity index (χ3v) is 9.13. The van der Waals surface area contributed by atoms with E-state index >= 15 is 4.39 Å². The van der Waals surface area contributed by atoms with Crippen molar-refractivity contribution >= 4 is 6.08 Å². The number of rotatable bonds is 7. The highest BCUT2D eigenvalue weighted by atomic mass is 19.3. The molecule has 3 fully saturated rings. The lowest BCUT2D eigenvalue weighted by atomic mass is 9.76. The first-order valence-corrected chi connectivity index (χ1v) is 14.5. The van der Waals surface area contributed by atoms with Crippen LogP contribution in [0.15, 0.2) is 36.7 Å². The molecule has 2 saturated carbocycles. The molecule has 0 radical (unpaired) electrons. The third kappa shape index (κ3) is 6.94. The van der Waals surface area contributed by atoms with Gasteiger partial charge in [0.2, 0.25) is 0 Å². The summed E-state index contributed by atoms with van der Waals surface area (Å²) in [5.74, 6) is -3.24. The van der Waals surface area contributed by atoms with Crippen molar-refractivity contribution in [2.24, 2.45) is 23.7 Å². The molecule has 2 aliphatic carbocycles. The molecule has 5 rings (SSSR count). The Morgan fingerprint density at radius 1 is 0.805 bits per heavy atom. The van der Waals surface area contributed by atoms with Crippen LogP contribution < -0.4 is 4.74 Å². The molecule has 2 aromatic carbocycles. The molecule has 2 aromatic rings. The fourth-order valence-electron chi connectivity index (χ4n) is 6.58. The van der Waals surface area contributed by atoms with Crippen LogP contribution in [0, 0.1) is 41.1 Å². The third-order valence-electron chi connectivity index (χ3n) is 9.13. The van der Waals surface area contributed by atoms with E-state index in [1.807, 2.05) is 0 Å². The van der Waals surface area contributed by atoms with E-state index in [1.54, 1.807) is 12.1 Å². The van der Waals surface area contributed by atoms with E-state index in [-0.39, 0.29) is 25.1 Å². The van der Waals surface area contributed by atoms with E-state index in [2.05, 4.69) is 6.92 Å². The van der Waals surface area contributed by atoms with Gasteiger partial charge < -0.3 is 14.2 Å². The van der Waals surface area contributed by atoms with E-state index in [4.69, 9.17) is 14.2 Å². The minimum absolute atomic E-state index is 0.0443. The number of halogens is 6. The minimum atomic E-state index is -3.69. The summed E-state index contributed by atoms with van der Waals surface area (Å²) in [5.41, 5.74) is 0.377. The summed E-state index contributed by atoms with van der Waals surface area (Å²) in [7, 11) is 0. The van der Waals surface area contributed by atoms with Gasteiger partial charge in [-0.3, -0.25) is 0 Å². The molecular weight excluding hydrogens is 546 g/mol. The Kier molecular flexibility index (Phi) is 9.33. The van der Waals surface area contributed by atoms with Gasteiger partial charge in [-0.1, -0.05) is 31.9 Å². The van der Waals surface area contributed by atoms with Crippen molar-refractivity contribution in [1.29, 1.82) is 0 Å². The zero-order valence-corrected chi connectivity index (χ0v) is 23.1. The summed E-state index contributed by atoms with van der Waals surface area (Å²) in [6.45, 7) is 3.47. The fourth-order valence-corrected chi connectivity index (χ4v) is 6.58. The van der Waals surface area contributed by atoms with Crippen LogP contribution in [0.5, 0.6) is 5.75 Å². The quantitative estimate of drug-likeness (QED) is 0.305. The highest BCUT2D eigenvalue weighted by Crippen LogP contribution is 2.44. The van der Waals surface area contributed by atoms with Crippen LogP contribution in [-0.4, -0.2) is 19.3 Å². The summed E-state index contributed by atoms with van der Waals surface area (Å²) >= 11 is 0. The van der Waals surface area contributed by atoms with Gasteiger partial charge in [-0.25, -0.2) is 17.6 Å². The molecule has 9 heteroatoms. The van der Waals surface area contributed by atoms with Gasteiger partial charge in [0.05, 0.1) is 25.5 Å². The van der Waals surface area contributed by atoms with E-state index < -0.39 is 47.1 Å². The largest absolute Gasteiger partial charge is 0.432 e. The molecule has 1 aliphatic heterocycles.